The van der Waals surface area contributed by atoms with Crippen molar-refractivity contribution in [2.24, 2.45) is 11.7 Å². The zero-order valence-electron chi connectivity index (χ0n) is 18.6. The highest BCUT2D eigenvalue weighted by molar-refractivity contribution is 5.85. The van der Waals surface area contributed by atoms with Gasteiger partial charge in [0.2, 0.25) is 5.91 Å². The molecular formula is C25H26ClN7O. The van der Waals surface area contributed by atoms with Crippen LogP contribution in [0.2, 0.25) is 0 Å². The molecule has 1 aliphatic heterocycles. The van der Waals surface area contributed by atoms with E-state index in [-0.39, 0.29) is 24.2 Å². The normalized spacial score (nSPS) is 15.8. The van der Waals surface area contributed by atoms with Crippen molar-refractivity contribution in [1.82, 2.24) is 15.0 Å². The number of aromatic nitrogens is 3. The summed E-state index contributed by atoms with van der Waals surface area (Å²) < 4.78 is 0. The molecule has 3 N–H and O–H groups in total. The first-order valence-electron chi connectivity index (χ1n) is 11.2. The number of pyridine rings is 3. The molecule has 2 fully saturated rings. The Morgan fingerprint density at radius 3 is 2.50 bits per heavy atom. The fourth-order valence-electron chi connectivity index (χ4n) is 4.23. The molecule has 0 bridgehead atoms. The fraction of sp³-hybridized carbons (Fsp3) is 0.320. The number of piperidine rings is 1. The van der Waals surface area contributed by atoms with Gasteiger partial charge in [-0.15, -0.1) is 12.4 Å². The molecule has 5 rings (SSSR count). The number of nitriles is 1. The molecule has 1 saturated heterocycles. The van der Waals surface area contributed by atoms with Crippen molar-refractivity contribution >= 4 is 35.8 Å². The van der Waals surface area contributed by atoms with Crippen LogP contribution in [0.4, 0.5) is 17.5 Å². The Morgan fingerprint density at radius 1 is 1.06 bits per heavy atom. The number of carbonyl (C=O) groups excluding carboxylic acids is 1. The molecule has 1 saturated carbocycles. The third kappa shape index (κ3) is 5.26. The van der Waals surface area contributed by atoms with Crippen molar-refractivity contribution in [1.29, 1.82) is 5.26 Å². The number of hydrogen-bond acceptors (Lipinski definition) is 7. The van der Waals surface area contributed by atoms with Crippen molar-refractivity contribution in [3.8, 4) is 17.3 Å². The van der Waals surface area contributed by atoms with Gasteiger partial charge < -0.3 is 16.0 Å². The van der Waals surface area contributed by atoms with Crippen LogP contribution in [0.3, 0.4) is 0 Å². The van der Waals surface area contributed by atoms with E-state index in [1.165, 1.54) is 18.4 Å². The molecule has 3 aromatic rings. The second-order valence-electron chi connectivity index (χ2n) is 8.68. The summed E-state index contributed by atoms with van der Waals surface area (Å²) in [6.07, 6.45) is 7.36. The zero-order valence-corrected chi connectivity index (χ0v) is 19.5. The highest BCUT2D eigenvalue weighted by atomic mass is 35.5. The Kier molecular flexibility index (Phi) is 6.94. The monoisotopic (exact) mass is 475 g/mol. The molecule has 9 heteroatoms. The summed E-state index contributed by atoms with van der Waals surface area (Å²) >= 11 is 0. The molecule has 0 unspecified atom stereocenters. The van der Waals surface area contributed by atoms with Gasteiger partial charge in [0.15, 0.2) is 0 Å². The molecule has 0 spiro atoms. The third-order valence-electron chi connectivity index (χ3n) is 6.31. The number of rotatable bonds is 6. The quantitative estimate of drug-likeness (QED) is 0.549. The van der Waals surface area contributed by atoms with Crippen LogP contribution in [0.25, 0.3) is 11.3 Å². The average molecular weight is 476 g/mol. The van der Waals surface area contributed by atoms with E-state index >= 15 is 0 Å². The van der Waals surface area contributed by atoms with Crippen LogP contribution in [-0.2, 0) is 4.79 Å². The van der Waals surface area contributed by atoms with Crippen molar-refractivity contribution in [2.45, 2.75) is 31.6 Å². The topological polar surface area (TPSA) is 121 Å². The summed E-state index contributed by atoms with van der Waals surface area (Å²) in [5.41, 5.74) is 9.03. The Balaban J connectivity index is 0.00000274. The second kappa shape index (κ2) is 10.1. The molecular weight excluding hydrogens is 450 g/mol. The second-order valence-corrected chi connectivity index (χ2v) is 8.68. The molecule has 34 heavy (non-hydrogen) atoms. The molecule has 2 aliphatic rings. The number of nitrogens with one attached hydrogen (secondary N) is 1. The van der Waals surface area contributed by atoms with Crippen LogP contribution in [0.1, 0.15) is 42.7 Å². The number of anilines is 3. The fourth-order valence-corrected chi connectivity index (χ4v) is 4.23. The van der Waals surface area contributed by atoms with Gasteiger partial charge in [-0.1, -0.05) is 0 Å². The predicted molar refractivity (Wildman–Crippen MR) is 133 cm³/mol. The van der Waals surface area contributed by atoms with Gasteiger partial charge in [0.1, 0.15) is 17.5 Å². The first kappa shape index (κ1) is 23.5. The molecule has 8 nitrogen and oxygen atoms in total. The Labute approximate surface area is 204 Å². The van der Waals surface area contributed by atoms with Crippen LogP contribution in [-0.4, -0.2) is 33.9 Å². The van der Waals surface area contributed by atoms with Gasteiger partial charge in [-0.2, -0.15) is 5.26 Å². The summed E-state index contributed by atoms with van der Waals surface area (Å²) in [6, 6.07) is 13.8. The van der Waals surface area contributed by atoms with E-state index in [1.807, 2.05) is 18.3 Å². The Morgan fingerprint density at radius 2 is 1.85 bits per heavy atom. The number of amides is 1. The highest BCUT2D eigenvalue weighted by Crippen LogP contribution is 2.42. The summed E-state index contributed by atoms with van der Waals surface area (Å²) in [7, 11) is 0. The van der Waals surface area contributed by atoms with Crippen molar-refractivity contribution in [2.75, 3.05) is 23.3 Å². The van der Waals surface area contributed by atoms with Crippen molar-refractivity contribution in [3.05, 3.63) is 59.9 Å². The summed E-state index contributed by atoms with van der Waals surface area (Å²) in [5, 5.41) is 12.4. The Hall–Kier alpha value is -3.70. The summed E-state index contributed by atoms with van der Waals surface area (Å²) in [4.78, 5) is 27.4. The SMILES string of the molecule is Cl.N#Cc1ccnc(Nc2cc(C3CC3)cc(-c3ccc(N4CCC(C(N)=O)CC4)nc3)n2)c1. The maximum Gasteiger partial charge on any atom is 0.220 e. The van der Waals surface area contributed by atoms with Gasteiger partial charge >= 0.3 is 0 Å². The first-order chi connectivity index (χ1) is 16.1. The van der Waals surface area contributed by atoms with E-state index in [1.54, 1.807) is 18.3 Å². The minimum atomic E-state index is -0.210. The number of carbonyl (C=O) groups is 1. The highest BCUT2D eigenvalue weighted by Gasteiger charge is 2.26. The van der Waals surface area contributed by atoms with Crippen LogP contribution < -0.4 is 16.0 Å². The maximum atomic E-state index is 11.4. The van der Waals surface area contributed by atoms with Crippen molar-refractivity contribution < 1.29 is 4.79 Å². The average Bonchev–Trinajstić information content (AvgIpc) is 3.70. The molecule has 174 valence electrons. The molecule has 4 heterocycles. The molecule has 3 aromatic heterocycles. The van der Waals surface area contributed by atoms with E-state index < -0.39 is 0 Å². The number of nitrogens with zero attached hydrogens (tertiary/aromatic N) is 5. The van der Waals surface area contributed by atoms with E-state index in [9.17, 15) is 4.79 Å². The van der Waals surface area contributed by atoms with Crippen LogP contribution in [0.5, 0.6) is 0 Å². The first-order valence-corrected chi connectivity index (χ1v) is 11.2. The van der Waals surface area contributed by atoms with E-state index in [0.29, 0.717) is 23.1 Å². The smallest absolute Gasteiger partial charge is 0.220 e. The lowest BCUT2D eigenvalue weighted by molar-refractivity contribution is -0.122. The van der Waals surface area contributed by atoms with Gasteiger partial charge in [-0.05, 0) is 73.6 Å². The maximum absolute atomic E-state index is 11.4. The molecule has 1 aliphatic carbocycles. The van der Waals surface area contributed by atoms with Crippen LogP contribution in [0, 0.1) is 17.2 Å². The minimum Gasteiger partial charge on any atom is -0.369 e. The number of hydrogen-bond donors (Lipinski definition) is 2. The summed E-state index contributed by atoms with van der Waals surface area (Å²) in [6.45, 7) is 1.55. The molecule has 0 aromatic carbocycles. The zero-order chi connectivity index (χ0) is 22.8. The largest absolute Gasteiger partial charge is 0.369 e. The van der Waals surface area contributed by atoms with Gasteiger partial charge in [-0.25, -0.2) is 15.0 Å². The van der Waals surface area contributed by atoms with E-state index in [4.69, 9.17) is 16.0 Å². The Bertz CT molecular complexity index is 1210. The molecule has 0 radical (unpaired) electrons. The minimum absolute atomic E-state index is 0. The molecule has 0 atom stereocenters. The van der Waals surface area contributed by atoms with Crippen LogP contribution in [0.15, 0.2) is 48.8 Å². The lowest BCUT2D eigenvalue weighted by atomic mass is 9.96. The lowest BCUT2D eigenvalue weighted by Crippen LogP contribution is -2.38. The van der Waals surface area contributed by atoms with Gasteiger partial charge in [0.25, 0.3) is 0 Å². The molecule has 1 amide bonds. The summed E-state index contributed by atoms with van der Waals surface area (Å²) in [5.74, 6) is 2.51. The lowest BCUT2D eigenvalue weighted by Gasteiger charge is -2.31. The standard InChI is InChI=1S/C25H25N7O.ClH/c26-14-16-5-8-28-22(11-16)31-23-13-20(17-1-2-17)12-21(30-23)19-3-4-24(29-15-19)32-9-6-18(7-10-32)25(27)33;/h3-5,8,11-13,15,17-18H,1-2,6-7,9-10H2,(H2,27,33)(H,28,30,31);1H. The number of primary amides is 1. The number of halogens is 1. The predicted octanol–water partition coefficient (Wildman–Crippen LogP) is 4.15. The van der Waals surface area contributed by atoms with E-state index in [0.717, 1.165) is 43.0 Å². The van der Waals surface area contributed by atoms with Gasteiger partial charge in [0.05, 0.1) is 17.3 Å². The van der Waals surface area contributed by atoms with Crippen LogP contribution >= 0.6 is 12.4 Å². The van der Waals surface area contributed by atoms with Crippen molar-refractivity contribution in [3.63, 3.8) is 0 Å². The van der Waals surface area contributed by atoms with E-state index in [2.05, 4.69) is 38.4 Å². The van der Waals surface area contributed by atoms with Gasteiger partial charge in [-0.3, -0.25) is 4.79 Å². The number of nitrogens with two attached hydrogens (primary N) is 1. The third-order valence-corrected chi connectivity index (χ3v) is 6.31. The van der Waals surface area contributed by atoms with Gasteiger partial charge in [0, 0.05) is 37.0 Å².